The molecule has 0 bridgehead atoms. The Balaban J connectivity index is 2.86. The second-order valence-electron chi connectivity index (χ2n) is 4.83. The van der Waals surface area contributed by atoms with Gasteiger partial charge in [-0.05, 0) is 0 Å². The van der Waals surface area contributed by atoms with Crippen molar-refractivity contribution in [3.8, 4) is 11.5 Å². The molecule has 1 amide bonds. The molecule has 1 N–H and O–H groups in total. The largest absolute Gasteiger partial charge is 0.493 e. The maximum absolute atomic E-state index is 12.1. The highest BCUT2D eigenvalue weighted by atomic mass is 16.7. The SMILES string of the molecule is CCC(=O)ONC(=O)c1nccc(OC)c1OCOC(=O)C(C)C. The smallest absolute Gasteiger partial charge is 0.331 e. The van der Waals surface area contributed by atoms with Crippen LogP contribution in [0, 0.1) is 5.92 Å². The Hall–Kier alpha value is -2.84. The molecule has 1 heterocycles. The number of methoxy groups -OCH3 is 1. The Bertz CT molecular complexity index is 601. The van der Waals surface area contributed by atoms with Crippen LogP contribution in [0.1, 0.15) is 37.7 Å². The Morgan fingerprint density at radius 1 is 1.29 bits per heavy atom. The van der Waals surface area contributed by atoms with Gasteiger partial charge in [0.25, 0.3) is 0 Å². The lowest BCUT2D eigenvalue weighted by molar-refractivity contribution is -0.154. The highest BCUT2D eigenvalue weighted by Crippen LogP contribution is 2.29. The first-order valence-corrected chi connectivity index (χ1v) is 7.23. The van der Waals surface area contributed by atoms with E-state index in [-0.39, 0.29) is 29.5 Å². The monoisotopic (exact) mass is 340 g/mol. The van der Waals surface area contributed by atoms with Gasteiger partial charge in [-0.3, -0.25) is 9.59 Å². The number of hydroxylamine groups is 1. The third kappa shape index (κ3) is 5.41. The van der Waals surface area contributed by atoms with Crippen molar-refractivity contribution in [2.75, 3.05) is 13.9 Å². The topological polar surface area (TPSA) is 113 Å². The van der Waals surface area contributed by atoms with Crippen molar-refractivity contribution in [1.29, 1.82) is 0 Å². The van der Waals surface area contributed by atoms with Crippen molar-refractivity contribution < 1.29 is 33.4 Å². The maximum atomic E-state index is 12.1. The van der Waals surface area contributed by atoms with Crippen LogP contribution in [0.15, 0.2) is 12.3 Å². The van der Waals surface area contributed by atoms with Crippen LogP contribution in [0.3, 0.4) is 0 Å². The first-order valence-electron chi connectivity index (χ1n) is 7.23. The van der Waals surface area contributed by atoms with Crippen LogP contribution in [0.25, 0.3) is 0 Å². The normalized spacial score (nSPS) is 10.0. The molecule has 1 rings (SSSR count). The van der Waals surface area contributed by atoms with Gasteiger partial charge >= 0.3 is 17.8 Å². The van der Waals surface area contributed by atoms with Gasteiger partial charge in [-0.1, -0.05) is 20.8 Å². The number of rotatable bonds is 7. The van der Waals surface area contributed by atoms with Gasteiger partial charge in [0, 0.05) is 18.7 Å². The van der Waals surface area contributed by atoms with Crippen molar-refractivity contribution in [3.05, 3.63) is 18.0 Å². The van der Waals surface area contributed by atoms with E-state index in [0.717, 1.165) is 0 Å². The molecule has 0 saturated heterocycles. The zero-order chi connectivity index (χ0) is 18.1. The molecule has 0 aliphatic heterocycles. The number of nitrogens with one attached hydrogen (secondary N) is 1. The molecule has 0 fully saturated rings. The fourth-order valence-electron chi connectivity index (χ4n) is 1.43. The van der Waals surface area contributed by atoms with Crippen LogP contribution in [-0.4, -0.2) is 36.7 Å². The number of esters is 1. The minimum atomic E-state index is -0.805. The minimum Gasteiger partial charge on any atom is -0.493 e. The fraction of sp³-hybridized carbons (Fsp3) is 0.467. The summed E-state index contributed by atoms with van der Waals surface area (Å²) in [5.41, 5.74) is 1.78. The average molecular weight is 340 g/mol. The highest BCUT2D eigenvalue weighted by Gasteiger charge is 2.21. The molecule has 9 heteroatoms. The Morgan fingerprint density at radius 2 is 2.00 bits per heavy atom. The number of carbonyl (C=O) groups is 3. The van der Waals surface area contributed by atoms with Gasteiger partial charge in [0.05, 0.1) is 13.0 Å². The molecule has 0 atom stereocenters. The lowest BCUT2D eigenvalue weighted by Crippen LogP contribution is -2.28. The Labute approximate surface area is 139 Å². The molecular formula is C15H20N2O7. The summed E-state index contributed by atoms with van der Waals surface area (Å²) in [4.78, 5) is 43.0. The van der Waals surface area contributed by atoms with Crippen LogP contribution in [0.2, 0.25) is 0 Å². The molecule has 0 spiro atoms. The molecule has 0 unspecified atom stereocenters. The maximum Gasteiger partial charge on any atom is 0.331 e. The number of aromatic nitrogens is 1. The number of nitrogens with zero attached hydrogens (tertiary/aromatic N) is 1. The van der Waals surface area contributed by atoms with Gasteiger partial charge in [0.15, 0.2) is 17.2 Å². The van der Waals surface area contributed by atoms with Gasteiger partial charge < -0.3 is 19.0 Å². The van der Waals surface area contributed by atoms with E-state index in [1.807, 2.05) is 5.48 Å². The molecule has 9 nitrogen and oxygen atoms in total. The molecule has 1 aromatic rings. The molecule has 0 saturated carbocycles. The van der Waals surface area contributed by atoms with E-state index < -0.39 is 24.6 Å². The molecule has 0 aliphatic carbocycles. The lowest BCUT2D eigenvalue weighted by Gasteiger charge is -2.14. The van der Waals surface area contributed by atoms with Crippen LogP contribution in [0.5, 0.6) is 11.5 Å². The quantitative estimate of drug-likeness (QED) is 0.448. The molecule has 132 valence electrons. The van der Waals surface area contributed by atoms with Crippen molar-refractivity contribution in [3.63, 3.8) is 0 Å². The standard InChI is InChI=1S/C15H20N2O7/c1-5-11(18)24-17-14(19)12-13(10(21-4)6-7-16-12)22-8-23-15(20)9(2)3/h6-7,9H,5,8H2,1-4H3,(H,17,19). The van der Waals surface area contributed by atoms with E-state index in [4.69, 9.17) is 14.2 Å². The first-order chi connectivity index (χ1) is 11.4. The molecule has 0 aliphatic rings. The van der Waals surface area contributed by atoms with Crippen LogP contribution >= 0.6 is 0 Å². The van der Waals surface area contributed by atoms with Gasteiger partial charge in [-0.15, -0.1) is 0 Å². The minimum absolute atomic E-state index is 0.0402. The highest BCUT2D eigenvalue weighted by molar-refractivity contribution is 5.95. The van der Waals surface area contributed by atoms with E-state index in [1.54, 1.807) is 20.8 Å². The predicted molar refractivity (Wildman–Crippen MR) is 81.1 cm³/mol. The van der Waals surface area contributed by atoms with E-state index in [9.17, 15) is 14.4 Å². The van der Waals surface area contributed by atoms with Crippen molar-refractivity contribution in [2.24, 2.45) is 5.92 Å². The number of amides is 1. The summed E-state index contributed by atoms with van der Waals surface area (Å²) in [5.74, 6) is -2.03. The lowest BCUT2D eigenvalue weighted by atomic mass is 10.2. The van der Waals surface area contributed by atoms with Crippen molar-refractivity contribution >= 4 is 17.8 Å². The van der Waals surface area contributed by atoms with E-state index >= 15 is 0 Å². The number of pyridine rings is 1. The number of hydrogen-bond acceptors (Lipinski definition) is 8. The average Bonchev–Trinajstić information content (AvgIpc) is 2.58. The van der Waals surface area contributed by atoms with Crippen LogP contribution < -0.4 is 15.0 Å². The summed E-state index contributed by atoms with van der Waals surface area (Å²) < 4.78 is 15.3. The van der Waals surface area contributed by atoms with Gasteiger partial charge in [0.1, 0.15) is 0 Å². The number of ether oxygens (including phenoxy) is 3. The van der Waals surface area contributed by atoms with Gasteiger partial charge in [-0.25, -0.2) is 9.78 Å². The summed E-state index contributed by atoms with van der Waals surface area (Å²) in [6.45, 7) is 4.51. The van der Waals surface area contributed by atoms with Crippen molar-refractivity contribution in [2.45, 2.75) is 27.2 Å². The van der Waals surface area contributed by atoms with Crippen LogP contribution in [0.4, 0.5) is 0 Å². The second kappa shape index (κ2) is 9.33. The summed E-state index contributed by atoms with van der Waals surface area (Å²) >= 11 is 0. The molecule has 0 aromatic carbocycles. The Morgan fingerprint density at radius 3 is 2.58 bits per heavy atom. The van der Waals surface area contributed by atoms with Crippen LogP contribution in [-0.2, 0) is 19.2 Å². The van der Waals surface area contributed by atoms with E-state index in [1.165, 1.54) is 19.4 Å². The first kappa shape index (κ1) is 19.2. The Kier molecular flexibility index (Phi) is 7.47. The summed E-state index contributed by atoms with van der Waals surface area (Å²) in [5, 5.41) is 0. The molecule has 1 aromatic heterocycles. The van der Waals surface area contributed by atoms with Gasteiger partial charge in [0.2, 0.25) is 6.79 Å². The second-order valence-corrected chi connectivity index (χ2v) is 4.83. The molecule has 0 radical (unpaired) electrons. The number of hydrogen-bond donors (Lipinski definition) is 1. The zero-order valence-electron chi connectivity index (χ0n) is 14.0. The predicted octanol–water partition coefficient (Wildman–Crippen LogP) is 1.22. The molecule has 24 heavy (non-hydrogen) atoms. The third-order valence-corrected chi connectivity index (χ3v) is 2.73. The number of carbonyl (C=O) groups excluding carboxylic acids is 3. The fourth-order valence-corrected chi connectivity index (χ4v) is 1.43. The summed E-state index contributed by atoms with van der Waals surface area (Å²) in [6.07, 6.45) is 1.42. The van der Waals surface area contributed by atoms with Crippen molar-refractivity contribution in [1.82, 2.24) is 10.5 Å². The molecular weight excluding hydrogens is 320 g/mol. The summed E-state index contributed by atoms with van der Waals surface area (Å²) in [6, 6.07) is 1.47. The van der Waals surface area contributed by atoms with E-state index in [2.05, 4.69) is 9.82 Å². The van der Waals surface area contributed by atoms with Gasteiger partial charge in [-0.2, -0.15) is 5.48 Å². The van der Waals surface area contributed by atoms with E-state index in [0.29, 0.717) is 0 Å². The zero-order valence-corrected chi connectivity index (χ0v) is 14.0. The third-order valence-electron chi connectivity index (χ3n) is 2.73. The summed E-state index contributed by atoms with van der Waals surface area (Å²) in [7, 11) is 1.38.